The van der Waals surface area contributed by atoms with Gasteiger partial charge in [0.05, 0.1) is 13.7 Å². The zero-order valence-electron chi connectivity index (χ0n) is 9.73. The maximum Gasteiger partial charge on any atom is 0.242 e. The number of methoxy groups -OCH3 is 1. The molecule has 0 bridgehead atoms. The minimum atomic E-state index is 0.393. The molecule has 6 heteroatoms. The topological polar surface area (TPSA) is 73.1 Å². The van der Waals surface area contributed by atoms with E-state index in [0.29, 0.717) is 23.9 Å². The lowest BCUT2D eigenvalue weighted by Crippen LogP contribution is -2.06. The van der Waals surface area contributed by atoms with Crippen LogP contribution in [0.1, 0.15) is 9.75 Å². The highest BCUT2D eigenvalue weighted by atomic mass is 32.1. The highest BCUT2D eigenvalue weighted by Crippen LogP contribution is 2.25. The fraction of sp³-hybridized carbons (Fsp3) is 0.273. The molecular weight excluding hydrogens is 236 g/mol. The quantitative estimate of drug-likeness (QED) is 0.868. The molecule has 0 fully saturated rings. The first kappa shape index (κ1) is 11.7. The van der Waals surface area contributed by atoms with Crippen molar-refractivity contribution < 1.29 is 4.74 Å². The van der Waals surface area contributed by atoms with Gasteiger partial charge in [0.1, 0.15) is 12.0 Å². The second-order valence-electron chi connectivity index (χ2n) is 3.51. The van der Waals surface area contributed by atoms with Crippen LogP contribution in [0.5, 0.6) is 5.88 Å². The second-order valence-corrected chi connectivity index (χ2v) is 4.88. The molecule has 2 aromatic rings. The Morgan fingerprint density at radius 3 is 2.88 bits per heavy atom. The van der Waals surface area contributed by atoms with Crippen LogP contribution in [0, 0.1) is 6.92 Å². The number of ether oxygens (including phenoxy) is 1. The fourth-order valence-electron chi connectivity index (χ4n) is 1.43. The van der Waals surface area contributed by atoms with E-state index in [0.717, 1.165) is 0 Å². The Morgan fingerprint density at radius 2 is 2.24 bits per heavy atom. The van der Waals surface area contributed by atoms with Crippen molar-refractivity contribution in [2.75, 3.05) is 18.2 Å². The van der Waals surface area contributed by atoms with Crippen LogP contribution in [0.25, 0.3) is 0 Å². The van der Waals surface area contributed by atoms with Crippen molar-refractivity contribution in [3.8, 4) is 5.88 Å². The smallest absolute Gasteiger partial charge is 0.242 e. The summed E-state index contributed by atoms with van der Waals surface area (Å²) in [6.07, 6.45) is 1.43. The van der Waals surface area contributed by atoms with Crippen molar-refractivity contribution in [2.24, 2.45) is 0 Å². The first-order chi connectivity index (χ1) is 8.20. The molecule has 0 saturated heterocycles. The minimum absolute atomic E-state index is 0.393. The van der Waals surface area contributed by atoms with Crippen LogP contribution < -0.4 is 15.8 Å². The summed E-state index contributed by atoms with van der Waals surface area (Å²) in [5.74, 6) is 0.993. The zero-order chi connectivity index (χ0) is 12.3. The van der Waals surface area contributed by atoms with E-state index in [4.69, 9.17) is 10.5 Å². The highest BCUT2D eigenvalue weighted by Gasteiger charge is 2.07. The molecule has 5 nitrogen and oxygen atoms in total. The van der Waals surface area contributed by atoms with Gasteiger partial charge in [-0.2, -0.15) is 4.98 Å². The standard InChI is InChI=1S/C11H14N4OS/c1-7-3-4-8(17-7)5-13-10-9(12)11(16-2)15-6-14-10/h3-4,6H,5,12H2,1-2H3,(H,13,14,15). The molecule has 0 aliphatic carbocycles. The predicted molar refractivity (Wildman–Crippen MR) is 69.4 cm³/mol. The summed E-state index contributed by atoms with van der Waals surface area (Å²) in [7, 11) is 1.53. The van der Waals surface area contributed by atoms with E-state index in [9.17, 15) is 0 Å². The number of thiophene rings is 1. The van der Waals surface area contributed by atoms with E-state index in [1.807, 2.05) is 0 Å². The van der Waals surface area contributed by atoms with Crippen molar-refractivity contribution >= 4 is 22.8 Å². The number of anilines is 2. The average molecular weight is 250 g/mol. The molecule has 90 valence electrons. The van der Waals surface area contributed by atoms with Gasteiger partial charge < -0.3 is 15.8 Å². The summed E-state index contributed by atoms with van der Waals surface area (Å²) in [6, 6.07) is 4.17. The predicted octanol–water partition coefficient (Wildman–Crippen LogP) is 2.05. The van der Waals surface area contributed by atoms with Gasteiger partial charge in [0.2, 0.25) is 5.88 Å². The Morgan fingerprint density at radius 1 is 1.41 bits per heavy atom. The van der Waals surface area contributed by atoms with Crippen LogP contribution >= 0.6 is 11.3 Å². The molecule has 0 saturated carbocycles. The monoisotopic (exact) mass is 250 g/mol. The summed E-state index contributed by atoms with van der Waals surface area (Å²) in [4.78, 5) is 10.5. The molecule has 0 aliphatic heterocycles. The fourth-order valence-corrected chi connectivity index (χ4v) is 2.26. The third-order valence-electron chi connectivity index (χ3n) is 2.27. The average Bonchev–Trinajstić information content (AvgIpc) is 2.74. The Kier molecular flexibility index (Phi) is 3.43. The normalized spacial score (nSPS) is 10.2. The molecule has 17 heavy (non-hydrogen) atoms. The van der Waals surface area contributed by atoms with Gasteiger partial charge >= 0.3 is 0 Å². The Labute approximate surface area is 104 Å². The van der Waals surface area contributed by atoms with Crippen LogP contribution in [0.3, 0.4) is 0 Å². The van der Waals surface area contributed by atoms with Gasteiger partial charge in [0, 0.05) is 9.75 Å². The van der Waals surface area contributed by atoms with Crippen molar-refractivity contribution in [1.29, 1.82) is 0 Å². The van der Waals surface area contributed by atoms with Crippen LogP contribution in [-0.2, 0) is 6.54 Å². The zero-order valence-corrected chi connectivity index (χ0v) is 10.5. The van der Waals surface area contributed by atoms with E-state index >= 15 is 0 Å². The summed E-state index contributed by atoms with van der Waals surface area (Å²) in [6.45, 7) is 2.78. The molecule has 0 amide bonds. The molecule has 0 aliphatic rings. The molecule has 0 spiro atoms. The van der Waals surface area contributed by atoms with Crippen molar-refractivity contribution in [1.82, 2.24) is 9.97 Å². The number of aryl methyl sites for hydroxylation is 1. The molecule has 2 heterocycles. The van der Waals surface area contributed by atoms with E-state index in [-0.39, 0.29) is 0 Å². The van der Waals surface area contributed by atoms with Gasteiger partial charge in [-0.1, -0.05) is 0 Å². The molecule has 0 atom stereocenters. The lowest BCUT2D eigenvalue weighted by molar-refractivity contribution is 0.399. The molecule has 2 aromatic heterocycles. The van der Waals surface area contributed by atoms with Gasteiger partial charge in [-0.05, 0) is 19.1 Å². The van der Waals surface area contributed by atoms with Crippen molar-refractivity contribution in [3.05, 3.63) is 28.2 Å². The van der Waals surface area contributed by atoms with Crippen LogP contribution in [0.2, 0.25) is 0 Å². The number of nitrogens with two attached hydrogens (primary N) is 1. The first-order valence-corrected chi connectivity index (χ1v) is 5.96. The van der Waals surface area contributed by atoms with Crippen molar-refractivity contribution in [2.45, 2.75) is 13.5 Å². The SMILES string of the molecule is COc1ncnc(NCc2ccc(C)s2)c1N. The molecule has 0 aromatic carbocycles. The number of hydrogen-bond acceptors (Lipinski definition) is 6. The third-order valence-corrected chi connectivity index (χ3v) is 3.27. The number of nitrogen functional groups attached to an aromatic ring is 1. The second kappa shape index (κ2) is 5.01. The van der Waals surface area contributed by atoms with Gasteiger partial charge in [0.25, 0.3) is 0 Å². The highest BCUT2D eigenvalue weighted by molar-refractivity contribution is 7.11. The summed E-state index contributed by atoms with van der Waals surface area (Å²) < 4.78 is 5.03. The van der Waals surface area contributed by atoms with Gasteiger partial charge in [-0.25, -0.2) is 4.98 Å². The maximum atomic E-state index is 5.85. The summed E-state index contributed by atoms with van der Waals surface area (Å²) in [5.41, 5.74) is 6.29. The molecular formula is C11H14N4OS. The Hall–Kier alpha value is -1.82. The maximum absolute atomic E-state index is 5.85. The Balaban J connectivity index is 2.09. The van der Waals surface area contributed by atoms with Crippen LogP contribution in [0.4, 0.5) is 11.5 Å². The van der Waals surface area contributed by atoms with E-state index in [1.54, 1.807) is 11.3 Å². The largest absolute Gasteiger partial charge is 0.479 e. The van der Waals surface area contributed by atoms with Gasteiger partial charge in [0.15, 0.2) is 5.82 Å². The van der Waals surface area contributed by atoms with E-state index < -0.39 is 0 Å². The number of rotatable bonds is 4. The van der Waals surface area contributed by atoms with Gasteiger partial charge in [-0.15, -0.1) is 11.3 Å². The van der Waals surface area contributed by atoms with Crippen LogP contribution in [0.15, 0.2) is 18.5 Å². The third kappa shape index (κ3) is 2.65. The lowest BCUT2D eigenvalue weighted by Gasteiger charge is -2.09. The number of nitrogens with zero attached hydrogens (tertiary/aromatic N) is 2. The molecule has 0 unspecified atom stereocenters. The summed E-state index contributed by atoms with van der Waals surface area (Å²) in [5, 5.41) is 3.17. The molecule has 0 radical (unpaired) electrons. The molecule has 3 N–H and O–H groups in total. The number of hydrogen-bond donors (Lipinski definition) is 2. The van der Waals surface area contributed by atoms with Crippen molar-refractivity contribution in [3.63, 3.8) is 0 Å². The number of aromatic nitrogens is 2. The Bertz CT molecular complexity index is 512. The first-order valence-electron chi connectivity index (χ1n) is 5.14. The van der Waals surface area contributed by atoms with E-state index in [1.165, 1.54) is 23.2 Å². The van der Waals surface area contributed by atoms with Crippen LogP contribution in [-0.4, -0.2) is 17.1 Å². The number of nitrogens with one attached hydrogen (secondary N) is 1. The summed E-state index contributed by atoms with van der Waals surface area (Å²) >= 11 is 1.74. The lowest BCUT2D eigenvalue weighted by atomic mass is 10.4. The van der Waals surface area contributed by atoms with Gasteiger partial charge in [-0.3, -0.25) is 0 Å². The minimum Gasteiger partial charge on any atom is -0.479 e. The van der Waals surface area contributed by atoms with E-state index in [2.05, 4.69) is 34.3 Å². The molecule has 2 rings (SSSR count).